The Kier molecular flexibility index (Phi) is 147. The molecule has 0 aromatic rings. The van der Waals surface area contributed by atoms with Gasteiger partial charge < -0.3 is 163 Å². The Morgan fingerprint density at radius 1 is 0.175 bits per heavy atom. The van der Waals surface area contributed by atoms with Crippen LogP contribution >= 0.6 is 0 Å². The van der Waals surface area contributed by atoms with Crippen molar-refractivity contribution in [1.82, 2.24) is 0 Å². The molecule has 0 bridgehead atoms. The molecule has 126 heavy (non-hydrogen) atoms. The second-order valence-corrected chi connectivity index (χ2v) is 22.2. The molecular formula is C78H148O48. The fraction of sp³-hybridized carbons (Fsp3) is 0.795. The van der Waals surface area contributed by atoms with E-state index in [0.717, 1.165) is 0 Å². The molecule has 48 nitrogen and oxygen atoms in total. The van der Waals surface area contributed by atoms with E-state index < -0.39 is 42.2 Å². The molecule has 0 aromatic carbocycles. The van der Waals surface area contributed by atoms with E-state index in [9.17, 15) is 76.7 Å². The first-order valence-corrected chi connectivity index (χ1v) is 38.4. The van der Waals surface area contributed by atoms with E-state index in [0.29, 0.717) is 98.7 Å². The van der Waals surface area contributed by atoms with Gasteiger partial charge >= 0.3 is 72.0 Å². The summed E-state index contributed by atoms with van der Waals surface area (Å²) in [6, 6.07) is 0. The number of hydrogen-bond donors (Lipinski definition) is 4. The van der Waals surface area contributed by atoms with E-state index >= 15 is 0 Å². The summed E-state index contributed by atoms with van der Waals surface area (Å²) in [5.74, 6) is -3.44. The van der Waals surface area contributed by atoms with Crippen LogP contribution in [0.2, 0.25) is 0 Å². The van der Waals surface area contributed by atoms with E-state index in [-0.39, 0.29) is 230 Å². The molecule has 4 N–H and O–H groups in total. The van der Waals surface area contributed by atoms with Crippen LogP contribution in [0.15, 0.2) is 0 Å². The van der Waals surface area contributed by atoms with Crippen molar-refractivity contribution in [3.05, 3.63) is 0 Å². The molecular weight excluding hydrogens is 1700 g/mol. The van der Waals surface area contributed by atoms with Gasteiger partial charge in [0.25, 0.3) is 0 Å². The van der Waals surface area contributed by atoms with Gasteiger partial charge in [-0.15, -0.1) is 0 Å². The zero-order chi connectivity index (χ0) is 98.7. The van der Waals surface area contributed by atoms with Crippen LogP contribution in [0.4, 0.5) is 9.59 Å². The largest absolute Gasteiger partial charge is 0.508 e. The second-order valence-electron chi connectivity index (χ2n) is 22.2. The molecule has 0 amide bonds. The lowest BCUT2D eigenvalue weighted by Crippen LogP contribution is -2.13. The highest BCUT2D eigenvalue weighted by atomic mass is 16.7. The average Bonchev–Trinajstić information content (AvgIpc) is 1.04. The quantitative estimate of drug-likeness (QED) is 0.0373. The van der Waals surface area contributed by atoms with Gasteiger partial charge in [0.05, 0.1) is 233 Å². The standard InChI is InChI=1S/C9H16O6.C9H16O5.C8H14O5.C8H14O4.C6H12O5.2C6H12O4.C6H12O3.C5H10O4.2C5H10O3.C5H10O2/c1-13-8(11)2-3-9(12)15-7-6-14-5-4-10;1-8(11)2-3-9(12)14-7-6-13-5-4-10;1-11-5-6-13-8(10)4-3-7(9)12-2;1-7(9)3-4-8(10)12-6-5-11-2;1-9-6(8)11-5-4-10-3-2-7;1-8-3-4-10-5-6(7)9-2;1-6(8)10-5-4-9-3-2-7;1-6(7)5-9-4-3-8-2;1-7-3-4-9-5(6)8-2;1-7-4-3-5(6)8-2;1-5(6)8-4-3-7-2;1-5(6)3-4-7-2/h10H,2-7H2,1H3;10H,2-7H2,1H3;3-6H2,1-2H3;3-6H2,1-2H3;7H,2-5H2,1H3;3-5H2,1-2H3;7H,2-5H2,1H3;3-5H2,1-2H3;3-4H2,1-2H3;2*3-4H2,1-2H3;3-4H2,1-2H3. The minimum absolute atomic E-state index is 0.0000709. The molecule has 0 aliphatic carbocycles. The summed E-state index contributed by atoms with van der Waals surface area (Å²) >= 11 is 0. The number of aliphatic hydroxyl groups excluding tert-OH is 4. The highest BCUT2D eigenvalue weighted by molar-refractivity contribution is 5.82. The first-order chi connectivity index (χ1) is 60.0. The molecule has 748 valence electrons. The summed E-state index contributed by atoms with van der Waals surface area (Å²) in [7, 11) is 20.1. The van der Waals surface area contributed by atoms with Crippen LogP contribution in [0.25, 0.3) is 0 Å². The SMILES string of the molecule is CC(=O)CCC(=O)OCCOCCO.CC(=O)OCCOCCO.COC(=O)CCC(=O)OCCOCCO.COC(=O)OCCOCCO.COCCC(=O)OC.COCCC(C)=O.COCCOC(=O)CCC(=O)OC.COCCOC(=O)CCC(C)=O.COCCOC(=O)OC.COCCOC(C)=O.COCCOCC(=O)OC.COCCOCC(C)=O. The summed E-state index contributed by atoms with van der Waals surface area (Å²) in [6.45, 7) is 17.2. The molecule has 0 saturated heterocycles. The zero-order valence-electron chi connectivity index (χ0n) is 77.5. The van der Waals surface area contributed by atoms with E-state index in [1.165, 1.54) is 98.6 Å². The van der Waals surface area contributed by atoms with Gasteiger partial charge in [0.2, 0.25) is 0 Å². The third kappa shape index (κ3) is 181. The van der Waals surface area contributed by atoms with Crippen molar-refractivity contribution in [1.29, 1.82) is 0 Å². The van der Waals surface area contributed by atoms with E-state index in [1.807, 2.05) is 0 Å². The van der Waals surface area contributed by atoms with Gasteiger partial charge in [-0.1, -0.05) is 0 Å². The normalized spacial score (nSPS) is 9.33. The highest BCUT2D eigenvalue weighted by Gasteiger charge is 2.10. The Labute approximate surface area is 739 Å². The molecule has 0 fully saturated rings. The minimum Gasteiger partial charge on any atom is -0.469 e. The number of esters is 10. The molecule has 0 heterocycles. The van der Waals surface area contributed by atoms with Gasteiger partial charge in [-0.05, 0) is 27.7 Å². The maximum atomic E-state index is 11.0. The molecule has 0 aromatic heterocycles. The van der Waals surface area contributed by atoms with Crippen LogP contribution in [0.1, 0.15) is 106 Å². The molecule has 48 heteroatoms. The molecule has 0 atom stereocenters. The van der Waals surface area contributed by atoms with Crippen LogP contribution in [0.3, 0.4) is 0 Å². The van der Waals surface area contributed by atoms with Crippen LogP contribution in [0, 0.1) is 0 Å². The van der Waals surface area contributed by atoms with Gasteiger partial charge in [-0.3, -0.25) is 52.7 Å². The first-order valence-electron chi connectivity index (χ1n) is 38.4. The number of ether oxygens (including phenoxy) is 28. The van der Waals surface area contributed by atoms with Crippen LogP contribution in [-0.4, -0.2) is 427 Å². The van der Waals surface area contributed by atoms with E-state index in [1.54, 1.807) is 42.5 Å². The van der Waals surface area contributed by atoms with Crippen molar-refractivity contribution in [2.45, 2.75) is 106 Å². The molecule has 0 aliphatic rings. The minimum atomic E-state index is -0.724. The number of Topliss-reactive ketones (excluding diaryl/α,β-unsaturated/α-hetero) is 4. The van der Waals surface area contributed by atoms with Crippen molar-refractivity contribution in [3.8, 4) is 0 Å². The Morgan fingerprint density at radius 3 is 0.635 bits per heavy atom. The lowest BCUT2D eigenvalue weighted by Gasteiger charge is -2.04. The molecule has 0 unspecified atom stereocenters. The van der Waals surface area contributed by atoms with Gasteiger partial charge in [0, 0.05) is 90.0 Å². The van der Waals surface area contributed by atoms with E-state index in [2.05, 4.69) is 85.3 Å². The third-order valence-corrected chi connectivity index (χ3v) is 11.3. The van der Waals surface area contributed by atoms with Crippen molar-refractivity contribution >= 4 is 95.1 Å². The molecule has 0 rings (SSSR count). The number of hydrogen-bond acceptors (Lipinski definition) is 48. The maximum absolute atomic E-state index is 11.0. The van der Waals surface area contributed by atoms with Crippen LogP contribution in [-0.2, 0) is 200 Å². The summed E-state index contributed by atoms with van der Waals surface area (Å²) in [5, 5.41) is 33.2. The number of carbonyl (C=O) groups is 16. The first kappa shape index (κ1) is 143. The highest BCUT2D eigenvalue weighted by Crippen LogP contribution is 1.99. The Balaban J connectivity index is -0.000000113. The fourth-order valence-electron chi connectivity index (χ4n) is 5.30. The van der Waals surface area contributed by atoms with Gasteiger partial charge in [-0.25, -0.2) is 14.4 Å². The summed E-state index contributed by atoms with van der Waals surface area (Å²) < 4.78 is 129. The van der Waals surface area contributed by atoms with Crippen molar-refractivity contribution in [3.63, 3.8) is 0 Å². The number of methoxy groups -OCH3 is 14. The van der Waals surface area contributed by atoms with Crippen molar-refractivity contribution in [2.24, 2.45) is 0 Å². The van der Waals surface area contributed by atoms with E-state index in [4.69, 9.17) is 67.8 Å². The molecule has 0 spiro atoms. The number of rotatable bonds is 60. The Hall–Kier alpha value is -8.80. The fourth-order valence-corrected chi connectivity index (χ4v) is 5.30. The monoisotopic (exact) mass is 1850 g/mol. The van der Waals surface area contributed by atoms with Crippen molar-refractivity contribution in [2.75, 3.05) is 311 Å². The lowest BCUT2D eigenvalue weighted by atomic mass is 10.2. The van der Waals surface area contributed by atoms with Gasteiger partial charge in [0.1, 0.15) is 83.4 Å². The van der Waals surface area contributed by atoms with Crippen LogP contribution < -0.4 is 0 Å². The molecule has 0 radical (unpaired) electrons. The summed E-state index contributed by atoms with van der Waals surface area (Å²) in [6.07, 6.45) is 0.378. The van der Waals surface area contributed by atoms with Crippen LogP contribution in [0.5, 0.6) is 0 Å². The Morgan fingerprint density at radius 2 is 0.389 bits per heavy atom. The lowest BCUT2D eigenvalue weighted by molar-refractivity contribution is -0.150. The third-order valence-electron chi connectivity index (χ3n) is 11.3. The number of ketones is 4. The number of aliphatic hydroxyl groups is 4. The Bertz CT molecular complexity index is 2510. The molecule has 0 aliphatic heterocycles. The van der Waals surface area contributed by atoms with Gasteiger partial charge in [-0.2, -0.15) is 0 Å². The zero-order valence-corrected chi connectivity index (χ0v) is 77.5. The van der Waals surface area contributed by atoms with Gasteiger partial charge in [0.15, 0.2) is 5.78 Å². The summed E-state index contributed by atoms with van der Waals surface area (Å²) in [4.78, 5) is 167. The van der Waals surface area contributed by atoms with Crippen molar-refractivity contribution < 1.29 is 230 Å². The second kappa shape index (κ2) is 129. The topological polar surface area (TPSA) is 612 Å². The smallest absolute Gasteiger partial charge is 0.469 e. The predicted molar refractivity (Wildman–Crippen MR) is 439 cm³/mol. The molecule has 0 saturated carbocycles. The maximum Gasteiger partial charge on any atom is 0.508 e. The predicted octanol–water partition coefficient (Wildman–Crippen LogP) is 0.891. The average molecular weight is 1850 g/mol. The number of carbonyl (C=O) groups excluding carboxylic acids is 16. The summed E-state index contributed by atoms with van der Waals surface area (Å²) in [5.41, 5.74) is 0.